The zero-order valence-corrected chi connectivity index (χ0v) is 14.8. The van der Waals surface area contributed by atoms with Crippen LogP contribution >= 0.6 is 0 Å². The molecule has 0 spiro atoms. The molecule has 1 aromatic rings. The van der Waals surface area contributed by atoms with Gasteiger partial charge in [0.25, 0.3) is 0 Å². The van der Waals surface area contributed by atoms with Gasteiger partial charge in [0.2, 0.25) is 0 Å². The molecule has 1 aromatic carbocycles. The molecule has 0 aliphatic carbocycles. The van der Waals surface area contributed by atoms with Crippen molar-refractivity contribution in [1.29, 1.82) is 5.26 Å². The molecule has 0 radical (unpaired) electrons. The molecular weight excluding hydrogens is 298 g/mol. The predicted octanol–water partition coefficient (Wildman–Crippen LogP) is 3.93. The van der Waals surface area contributed by atoms with Crippen LogP contribution in [0, 0.1) is 32.1 Å². The molecule has 24 heavy (non-hydrogen) atoms. The molecule has 2 aliphatic heterocycles. The Morgan fingerprint density at radius 3 is 2.67 bits per heavy atom. The van der Waals surface area contributed by atoms with E-state index in [2.05, 4.69) is 43.9 Å². The van der Waals surface area contributed by atoms with Crippen molar-refractivity contribution in [2.75, 3.05) is 6.54 Å². The summed E-state index contributed by atoms with van der Waals surface area (Å²) in [5.74, 6) is 1.61. The molecule has 0 saturated carbocycles. The topological polar surface area (TPSA) is 48.6 Å². The van der Waals surface area contributed by atoms with E-state index < -0.39 is 0 Å². The first-order chi connectivity index (χ1) is 11.4. The number of ether oxygens (including phenoxy) is 1. The second kappa shape index (κ2) is 6.16. The first-order valence-corrected chi connectivity index (χ1v) is 8.24. The number of aliphatic imine (C=N–C) groups is 1. The van der Waals surface area contributed by atoms with Crippen LogP contribution in [-0.4, -0.2) is 22.8 Å². The quantitative estimate of drug-likeness (QED) is 0.844. The molecule has 2 aliphatic rings. The maximum Gasteiger partial charge on any atom is 0.171 e. The van der Waals surface area contributed by atoms with Gasteiger partial charge in [0, 0.05) is 6.20 Å². The third-order valence-corrected chi connectivity index (χ3v) is 4.57. The first kappa shape index (κ1) is 16.3. The van der Waals surface area contributed by atoms with Crippen LogP contribution in [0.5, 0.6) is 0 Å². The Morgan fingerprint density at radius 1 is 1.29 bits per heavy atom. The SMILES string of the molecule is Cc1cc(C)c(COC2=CC=CN3CC(C)(CC#N)N=C23)c(C)c1. The summed E-state index contributed by atoms with van der Waals surface area (Å²) in [6.45, 7) is 9.62. The lowest BCUT2D eigenvalue weighted by atomic mass is 10.0. The molecule has 2 heterocycles. The lowest BCUT2D eigenvalue weighted by Gasteiger charge is -2.23. The molecule has 3 rings (SSSR count). The van der Waals surface area contributed by atoms with E-state index in [1.807, 2.05) is 25.3 Å². The van der Waals surface area contributed by atoms with Crippen LogP contribution in [0.3, 0.4) is 0 Å². The summed E-state index contributed by atoms with van der Waals surface area (Å²) in [5.41, 5.74) is 4.63. The second-order valence-corrected chi connectivity index (χ2v) is 6.93. The number of fused-ring (bicyclic) bond motifs is 1. The third kappa shape index (κ3) is 3.07. The van der Waals surface area contributed by atoms with E-state index in [1.54, 1.807) is 0 Å². The zero-order valence-electron chi connectivity index (χ0n) is 14.8. The van der Waals surface area contributed by atoms with Gasteiger partial charge in [0.15, 0.2) is 11.6 Å². The Hall–Kier alpha value is -2.54. The van der Waals surface area contributed by atoms with Crippen molar-refractivity contribution < 1.29 is 4.74 Å². The minimum absolute atomic E-state index is 0.364. The molecule has 0 saturated heterocycles. The van der Waals surface area contributed by atoms with Crippen molar-refractivity contribution in [2.45, 2.75) is 46.3 Å². The molecule has 124 valence electrons. The molecule has 0 N–H and O–H groups in total. The minimum atomic E-state index is -0.364. The number of hydrogen-bond acceptors (Lipinski definition) is 4. The number of aryl methyl sites for hydroxylation is 3. The van der Waals surface area contributed by atoms with Crippen LogP contribution in [0.2, 0.25) is 0 Å². The fourth-order valence-corrected chi connectivity index (χ4v) is 3.39. The Labute approximate surface area is 143 Å². The van der Waals surface area contributed by atoms with Gasteiger partial charge in [0.1, 0.15) is 6.61 Å². The smallest absolute Gasteiger partial charge is 0.171 e. The fraction of sp³-hybridized carbons (Fsp3) is 0.400. The van der Waals surface area contributed by atoms with Gasteiger partial charge in [-0.1, -0.05) is 17.7 Å². The summed E-state index contributed by atoms with van der Waals surface area (Å²) in [4.78, 5) is 6.83. The number of nitrogens with zero attached hydrogens (tertiary/aromatic N) is 3. The molecule has 0 amide bonds. The molecule has 1 atom stereocenters. The molecule has 4 nitrogen and oxygen atoms in total. The summed E-state index contributed by atoms with van der Waals surface area (Å²) >= 11 is 0. The Kier molecular flexibility index (Phi) is 4.19. The van der Waals surface area contributed by atoms with E-state index in [-0.39, 0.29) is 5.54 Å². The average Bonchev–Trinajstić information content (AvgIpc) is 2.83. The Bertz CT molecular complexity index is 775. The van der Waals surface area contributed by atoms with Crippen LogP contribution in [0.1, 0.15) is 35.6 Å². The molecule has 0 fully saturated rings. The second-order valence-electron chi connectivity index (χ2n) is 6.93. The normalized spacial score (nSPS) is 21.9. The van der Waals surface area contributed by atoms with Gasteiger partial charge in [-0.25, -0.2) is 0 Å². The van der Waals surface area contributed by atoms with E-state index in [0.717, 1.165) is 18.1 Å². The number of allylic oxidation sites excluding steroid dienone is 2. The van der Waals surface area contributed by atoms with E-state index in [4.69, 9.17) is 15.0 Å². The Morgan fingerprint density at radius 2 is 2.00 bits per heavy atom. The van der Waals surface area contributed by atoms with Gasteiger partial charge in [0.05, 0.1) is 24.6 Å². The summed E-state index contributed by atoms with van der Waals surface area (Å²) in [7, 11) is 0. The average molecular weight is 321 g/mol. The standard InChI is InChI=1S/C20H23N3O/c1-14-10-15(2)17(16(3)11-14)12-24-18-6-5-9-23-13-20(4,7-8-21)22-19(18)23/h5-6,9-11H,7,12-13H2,1-4H3. The van der Waals surface area contributed by atoms with Crippen LogP contribution in [0.15, 0.2) is 41.2 Å². The zero-order chi connectivity index (χ0) is 17.3. The highest BCUT2D eigenvalue weighted by molar-refractivity contribution is 6.00. The third-order valence-electron chi connectivity index (χ3n) is 4.57. The van der Waals surface area contributed by atoms with Crippen LogP contribution in [0.4, 0.5) is 0 Å². The predicted molar refractivity (Wildman–Crippen MR) is 95.4 cm³/mol. The molecule has 4 heteroatoms. The van der Waals surface area contributed by atoms with E-state index in [9.17, 15) is 0 Å². The van der Waals surface area contributed by atoms with Crippen LogP contribution < -0.4 is 0 Å². The van der Waals surface area contributed by atoms with Gasteiger partial charge >= 0.3 is 0 Å². The number of hydrogen-bond donors (Lipinski definition) is 0. The maximum absolute atomic E-state index is 9.03. The highest BCUT2D eigenvalue weighted by Gasteiger charge is 2.37. The lowest BCUT2D eigenvalue weighted by Crippen LogP contribution is -2.31. The Balaban J connectivity index is 1.80. The van der Waals surface area contributed by atoms with Crippen molar-refractivity contribution in [3.05, 3.63) is 58.5 Å². The van der Waals surface area contributed by atoms with Crippen molar-refractivity contribution in [3.63, 3.8) is 0 Å². The molecular formula is C20H23N3O. The number of rotatable bonds is 4. The van der Waals surface area contributed by atoms with Crippen LogP contribution in [0.25, 0.3) is 0 Å². The highest BCUT2D eigenvalue weighted by atomic mass is 16.5. The van der Waals surface area contributed by atoms with Gasteiger partial charge in [-0.2, -0.15) is 5.26 Å². The summed E-state index contributed by atoms with van der Waals surface area (Å²) in [5, 5.41) is 9.03. The number of amidine groups is 1. The molecule has 1 unspecified atom stereocenters. The largest absolute Gasteiger partial charge is 0.485 e. The number of nitriles is 1. The van der Waals surface area contributed by atoms with E-state index >= 15 is 0 Å². The highest BCUT2D eigenvalue weighted by Crippen LogP contribution is 2.30. The minimum Gasteiger partial charge on any atom is -0.485 e. The van der Waals surface area contributed by atoms with Crippen molar-refractivity contribution in [1.82, 2.24) is 4.90 Å². The monoisotopic (exact) mass is 321 g/mol. The fourth-order valence-electron chi connectivity index (χ4n) is 3.39. The van der Waals surface area contributed by atoms with E-state index in [1.165, 1.54) is 22.3 Å². The molecule has 0 bridgehead atoms. The van der Waals surface area contributed by atoms with E-state index in [0.29, 0.717) is 13.0 Å². The van der Waals surface area contributed by atoms with Crippen LogP contribution in [-0.2, 0) is 11.3 Å². The molecule has 0 aromatic heterocycles. The summed E-state index contributed by atoms with van der Waals surface area (Å²) in [6, 6.07) is 6.60. The first-order valence-electron chi connectivity index (χ1n) is 8.24. The van der Waals surface area contributed by atoms with Crippen molar-refractivity contribution in [3.8, 4) is 6.07 Å². The van der Waals surface area contributed by atoms with Gasteiger partial charge < -0.3 is 9.64 Å². The lowest BCUT2D eigenvalue weighted by molar-refractivity contribution is 0.211. The van der Waals surface area contributed by atoms with Gasteiger partial charge in [-0.05, 0) is 56.5 Å². The van der Waals surface area contributed by atoms with Crippen molar-refractivity contribution in [2.24, 2.45) is 4.99 Å². The maximum atomic E-state index is 9.03. The number of benzene rings is 1. The van der Waals surface area contributed by atoms with Gasteiger partial charge in [-0.15, -0.1) is 0 Å². The van der Waals surface area contributed by atoms with Crippen molar-refractivity contribution >= 4 is 5.84 Å². The van der Waals surface area contributed by atoms with Gasteiger partial charge in [-0.3, -0.25) is 4.99 Å². The summed E-state index contributed by atoms with van der Waals surface area (Å²) in [6.07, 6.45) is 6.33. The summed E-state index contributed by atoms with van der Waals surface area (Å²) < 4.78 is 6.11.